The highest BCUT2D eigenvalue weighted by molar-refractivity contribution is 5.36. The van der Waals surface area contributed by atoms with E-state index in [4.69, 9.17) is 15.2 Å². The van der Waals surface area contributed by atoms with E-state index in [1.165, 1.54) is 41.5 Å². The number of nitrogens with two attached hydrogens (primary N) is 1. The van der Waals surface area contributed by atoms with Gasteiger partial charge in [-0.2, -0.15) is 0 Å². The van der Waals surface area contributed by atoms with Crippen molar-refractivity contribution in [2.75, 3.05) is 20.3 Å². The van der Waals surface area contributed by atoms with Crippen LogP contribution in [0.25, 0.3) is 0 Å². The van der Waals surface area contributed by atoms with Gasteiger partial charge in [0, 0.05) is 0 Å². The molecule has 0 radical (unpaired) electrons. The Kier molecular flexibility index (Phi) is 7.31. The van der Waals surface area contributed by atoms with Crippen LogP contribution in [0.3, 0.4) is 0 Å². The molecule has 1 aliphatic carbocycles. The van der Waals surface area contributed by atoms with Crippen molar-refractivity contribution < 1.29 is 9.47 Å². The number of benzene rings is 2. The second-order valence-corrected chi connectivity index (χ2v) is 7.72. The summed E-state index contributed by atoms with van der Waals surface area (Å²) in [5.41, 5.74) is 11.6. The predicted molar refractivity (Wildman–Crippen MR) is 111 cm³/mol. The third-order valence-electron chi connectivity index (χ3n) is 5.74. The number of rotatable bonds is 9. The van der Waals surface area contributed by atoms with Gasteiger partial charge in [0.2, 0.25) is 0 Å². The molecule has 2 atom stereocenters. The summed E-state index contributed by atoms with van der Waals surface area (Å²) in [6, 6.07) is 15.2. The van der Waals surface area contributed by atoms with E-state index < -0.39 is 0 Å². The molecule has 146 valence electrons. The number of ether oxygens (including phenoxy) is 2. The highest BCUT2D eigenvalue weighted by Crippen LogP contribution is 2.30. The van der Waals surface area contributed by atoms with Crippen LogP contribution in [0.4, 0.5) is 0 Å². The Bertz CT molecular complexity index is 711. The zero-order valence-corrected chi connectivity index (χ0v) is 16.7. The molecule has 2 aromatic rings. The molecule has 0 aromatic heterocycles. The van der Waals surface area contributed by atoms with Crippen molar-refractivity contribution in [3.05, 3.63) is 64.7 Å². The maximum Gasteiger partial charge on any atom is 0.118 e. The summed E-state index contributed by atoms with van der Waals surface area (Å²) in [5, 5.41) is 0. The SMILES string of the molecule is CCCC(CN)c1ccc2c(c1)CCC(COCc1ccc(OC)cc1)C2. The Balaban J connectivity index is 1.52. The molecule has 3 rings (SSSR count). The first-order chi connectivity index (χ1) is 13.2. The Labute approximate surface area is 163 Å². The molecular formula is C24H33NO2. The Morgan fingerprint density at radius 2 is 1.93 bits per heavy atom. The Morgan fingerprint density at radius 3 is 2.63 bits per heavy atom. The number of hydrogen-bond acceptors (Lipinski definition) is 3. The quantitative estimate of drug-likeness (QED) is 0.688. The van der Waals surface area contributed by atoms with E-state index in [-0.39, 0.29) is 0 Å². The summed E-state index contributed by atoms with van der Waals surface area (Å²) in [4.78, 5) is 0. The molecule has 2 N–H and O–H groups in total. The molecule has 2 unspecified atom stereocenters. The first-order valence-electron chi connectivity index (χ1n) is 10.3. The van der Waals surface area contributed by atoms with Crippen molar-refractivity contribution in [3.8, 4) is 5.75 Å². The first kappa shape index (κ1) is 19.9. The fourth-order valence-electron chi connectivity index (χ4n) is 4.08. The summed E-state index contributed by atoms with van der Waals surface area (Å²) < 4.78 is 11.2. The second-order valence-electron chi connectivity index (χ2n) is 7.72. The van der Waals surface area contributed by atoms with Crippen LogP contribution >= 0.6 is 0 Å². The monoisotopic (exact) mass is 367 g/mol. The van der Waals surface area contributed by atoms with E-state index >= 15 is 0 Å². The molecule has 0 heterocycles. The Morgan fingerprint density at radius 1 is 1.11 bits per heavy atom. The molecule has 2 aromatic carbocycles. The molecular weight excluding hydrogens is 334 g/mol. The molecule has 0 saturated heterocycles. The Hall–Kier alpha value is -1.84. The van der Waals surface area contributed by atoms with Gasteiger partial charge in [0.15, 0.2) is 0 Å². The topological polar surface area (TPSA) is 44.5 Å². The van der Waals surface area contributed by atoms with E-state index in [1.54, 1.807) is 7.11 Å². The van der Waals surface area contributed by atoms with Crippen molar-refractivity contribution in [1.82, 2.24) is 0 Å². The zero-order chi connectivity index (χ0) is 19.1. The lowest BCUT2D eigenvalue weighted by Crippen LogP contribution is -2.20. The van der Waals surface area contributed by atoms with Crippen molar-refractivity contribution in [2.45, 2.75) is 51.6 Å². The van der Waals surface area contributed by atoms with Crippen molar-refractivity contribution in [1.29, 1.82) is 0 Å². The van der Waals surface area contributed by atoms with Crippen LogP contribution in [-0.2, 0) is 24.2 Å². The summed E-state index contributed by atoms with van der Waals surface area (Å²) in [6.07, 6.45) is 5.85. The average Bonchev–Trinajstić information content (AvgIpc) is 2.72. The van der Waals surface area contributed by atoms with Gasteiger partial charge in [-0.3, -0.25) is 0 Å². The fourth-order valence-corrected chi connectivity index (χ4v) is 4.08. The average molecular weight is 368 g/mol. The number of fused-ring (bicyclic) bond motifs is 1. The van der Waals surface area contributed by atoms with Crippen LogP contribution in [0, 0.1) is 5.92 Å². The molecule has 27 heavy (non-hydrogen) atoms. The summed E-state index contributed by atoms with van der Waals surface area (Å²) in [6.45, 7) is 4.47. The van der Waals surface area contributed by atoms with Crippen LogP contribution in [0.5, 0.6) is 5.75 Å². The second kappa shape index (κ2) is 9.91. The van der Waals surface area contributed by atoms with Gasteiger partial charge in [0.05, 0.1) is 20.3 Å². The molecule has 0 spiro atoms. The molecule has 0 fully saturated rings. The third kappa shape index (κ3) is 5.33. The maximum atomic E-state index is 6.00. The highest BCUT2D eigenvalue weighted by atomic mass is 16.5. The van der Waals surface area contributed by atoms with Gasteiger partial charge in [-0.15, -0.1) is 0 Å². The van der Waals surface area contributed by atoms with Gasteiger partial charge in [0.25, 0.3) is 0 Å². The minimum atomic E-state index is 0.505. The van der Waals surface area contributed by atoms with Crippen LogP contribution in [0.15, 0.2) is 42.5 Å². The largest absolute Gasteiger partial charge is 0.497 e. The summed E-state index contributed by atoms with van der Waals surface area (Å²) in [5.74, 6) is 2.01. The number of methoxy groups -OCH3 is 1. The van der Waals surface area contributed by atoms with Crippen LogP contribution in [-0.4, -0.2) is 20.3 Å². The first-order valence-corrected chi connectivity index (χ1v) is 10.3. The van der Waals surface area contributed by atoms with E-state index in [2.05, 4.69) is 37.3 Å². The molecule has 1 aliphatic rings. The fraction of sp³-hybridized carbons (Fsp3) is 0.500. The van der Waals surface area contributed by atoms with Gasteiger partial charge < -0.3 is 15.2 Å². The van der Waals surface area contributed by atoms with Gasteiger partial charge in [0.1, 0.15) is 5.75 Å². The smallest absolute Gasteiger partial charge is 0.118 e. The van der Waals surface area contributed by atoms with E-state index in [9.17, 15) is 0 Å². The predicted octanol–water partition coefficient (Wildman–Crippen LogP) is 4.86. The zero-order valence-electron chi connectivity index (χ0n) is 16.7. The van der Waals surface area contributed by atoms with E-state index in [0.29, 0.717) is 18.4 Å². The van der Waals surface area contributed by atoms with Crippen LogP contribution in [0.2, 0.25) is 0 Å². The van der Waals surface area contributed by atoms with Crippen molar-refractivity contribution in [2.24, 2.45) is 11.7 Å². The van der Waals surface area contributed by atoms with E-state index in [1.807, 2.05) is 12.1 Å². The lowest BCUT2D eigenvalue weighted by Gasteiger charge is -2.26. The molecule has 3 nitrogen and oxygen atoms in total. The van der Waals surface area contributed by atoms with Gasteiger partial charge in [-0.1, -0.05) is 43.7 Å². The highest BCUT2D eigenvalue weighted by Gasteiger charge is 2.20. The lowest BCUT2D eigenvalue weighted by molar-refractivity contribution is 0.0823. The third-order valence-corrected chi connectivity index (χ3v) is 5.74. The minimum Gasteiger partial charge on any atom is -0.497 e. The van der Waals surface area contributed by atoms with Gasteiger partial charge in [-0.25, -0.2) is 0 Å². The van der Waals surface area contributed by atoms with Crippen LogP contribution in [0.1, 0.15) is 54.4 Å². The van der Waals surface area contributed by atoms with Gasteiger partial charge in [-0.05, 0) is 78.5 Å². The molecule has 3 heteroatoms. The molecule has 0 saturated carbocycles. The number of aryl methyl sites for hydroxylation is 1. The van der Waals surface area contributed by atoms with Crippen molar-refractivity contribution in [3.63, 3.8) is 0 Å². The number of hydrogen-bond donors (Lipinski definition) is 1. The molecule has 0 bridgehead atoms. The van der Waals surface area contributed by atoms with E-state index in [0.717, 1.165) is 31.7 Å². The van der Waals surface area contributed by atoms with Gasteiger partial charge >= 0.3 is 0 Å². The maximum absolute atomic E-state index is 6.00. The lowest BCUT2D eigenvalue weighted by atomic mass is 9.82. The summed E-state index contributed by atoms with van der Waals surface area (Å²) >= 11 is 0. The standard InChI is InChI=1S/C24H33NO2/c1-3-4-23(15-25)22-10-9-20-13-19(5-8-21(20)14-22)17-27-16-18-6-11-24(26-2)12-7-18/h6-7,9-12,14,19,23H,3-5,8,13,15-17,25H2,1-2H3. The van der Waals surface area contributed by atoms with Crippen LogP contribution < -0.4 is 10.5 Å². The summed E-state index contributed by atoms with van der Waals surface area (Å²) in [7, 11) is 1.69. The minimum absolute atomic E-state index is 0.505. The normalized spacial score (nSPS) is 17.4. The molecule has 0 amide bonds. The van der Waals surface area contributed by atoms with Crippen molar-refractivity contribution >= 4 is 0 Å². The molecule has 0 aliphatic heterocycles.